The first-order valence-corrected chi connectivity index (χ1v) is 30.7. The van der Waals surface area contributed by atoms with Crippen LogP contribution in [0.25, 0.3) is 60.9 Å². The molecule has 1 aliphatic heterocycles. The minimum absolute atomic E-state index is 0.103. The maximum absolute atomic E-state index is 2.70. The van der Waals surface area contributed by atoms with Gasteiger partial charge in [-0.25, -0.2) is 0 Å². The lowest BCUT2D eigenvalue weighted by atomic mass is 9.66. The van der Waals surface area contributed by atoms with E-state index >= 15 is 0 Å². The van der Waals surface area contributed by atoms with Crippen LogP contribution in [0.3, 0.4) is 0 Å². The molecule has 0 bridgehead atoms. The highest BCUT2D eigenvalue weighted by Gasteiger charge is 2.49. The van der Waals surface area contributed by atoms with Crippen LogP contribution in [0.2, 0.25) is 0 Å². The van der Waals surface area contributed by atoms with Crippen molar-refractivity contribution in [2.75, 3.05) is 4.90 Å². The zero-order chi connectivity index (χ0) is 56.7. The maximum atomic E-state index is 2.70. The minimum Gasteiger partial charge on any atom is -0.338 e. The molecule has 12 aromatic rings. The van der Waals surface area contributed by atoms with Gasteiger partial charge in [0.2, 0.25) is 0 Å². The summed E-state index contributed by atoms with van der Waals surface area (Å²) < 4.78 is 2.52. The third kappa shape index (κ3) is 7.35. The van der Waals surface area contributed by atoms with Gasteiger partial charge < -0.3 is 9.47 Å². The number of fused-ring (bicyclic) bond motifs is 12. The van der Waals surface area contributed by atoms with Crippen molar-refractivity contribution in [3.8, 4) is 39.1 Å². The molecular weight excluding hydrogens is 1010 g/mol. The summed E-state index contributed by atoms with van der Waals surface area (Å²) in [6.07, 6.45) is 3.74. The molecule has 2 nitrogen and oxygen atoms in total. The molecule has 0 saturated heterocycles. The van der Waals surface area contributed by atoms with E-state index < -0.39 is 10.8 Å². The van der Waals surface area contributed by atoms with Crippen LogP contribution in [0.1, 0.15) is 122 Å². The van der Waals surface area contributed by atoms with Crippen molar-refractivity contribution in [1.29, 1.82) is 0 Å². The lowest BCUT2D eigenvalue weighted by molar-refractivity contribution is 0.158. The van der Waals surface area contributed by atoms with Crippen LogP contribution in [-0.2, 0) is 16.2 Å². The second-order valence-electron chi connectivity index (χ2n) is 26.8. The van der Waals surface area contributed by atoms with Crippen LogP contribution < -0.4 is 4.90 Å². The maximum Gasteiger partial charge on any atom is 0.0713 e. The topological polar surface area (TPSA) is 8.17 Å². The van der Waals surface area contributed by atoms with Gasteiger partial charge in [-0.3, -0.25) is 0 Å². The number of rotatable bonds is 7. The molecule has 0 N–H and O–H groups in total. The fraction of sp³-hybridized carbons (Fsp3) is 0.195. The summed E-state index contributed by atoms with van der Waals surface area (Å²) in [5.74, 6) is 1.25. The summed E-state index contributed by atoms with van der Waals surface area (Å²) in [5, 5.41) is 2.47. The highest BCUT2D eigenvalue weighted by Crippen LogP contribution is 2.60. The van der Waals surface area contributed by atoms with E-state index in [-0.39, 0.29) is 5.41 Å². The first kappa shape index (κ1) is 50.7. The average Bonchev–Trinajstić information content (AvgIpc) is 2.26. The summed E-state index contributed by atoms with van der Waals surface area (Å²) >= 11 is 0. The average molecular weight is 1080 g/mol. The van der Waals surface area contributed by atoms with Crippen LogP contribution in [0, 0.1) is 11.3 Å². The van der Waals surface area contributed by atoms with Gasteiger partial charge in [-0.2, -0.15) is 0 Å². The molecule has 84 heavy (non-hydrogen) atoms. The highest BCUT2D eigenvalue weighted by molar-refractivity contribution is 6.10. The van der Waals surface area contributed by atoms with E-state index in [2.05, 4.69) is 312 Å². The van der Waals surface area contributed by atoms with Gasteiger partial charge >= 0.3 is 0 Å². The number of hydrogen-bond acceptors (Lipinski definition) is 1. The van der Waals surface area contributed by atoms with Crippen LogP contribution in [0.5, 0.6) is 0 Å². The molecular formula is C82H70N2. The predicted molar refractivity (Wildman–Crippen MR) is 351 cm³/mol. The summed E-state index contributed by atoms with van der Waals surface area (Å²) in [4.78, 5) is 2.70. The SMILES string of the molecule is CC(C)(C)c1ccc2c(c1)C1CC(C(C)(C)C)CCC1N2c1ccc(-c2ccc(-n3c4ccc(C5(c6ccccc6)c6ccccc6-c6ccccc65)cc4c4cc(C5(c6ccccc6)c6ccccc6-c6ccccc65)ccc43)cc2)cc1. The van der Waals surface area contributed by atoms with Gasteiger partial charge in [0.05, 0.1) is 21.9 Å². The van der Waals surface area contributed by atoms with Gasteiger partial charge in [-0.15, -0.1) is 0 Å². The number of hydrogen-bond donors (Lipinski definition) is 0. The fourth-order valence-corrected chi connectivity index (χ4v) is 16.4. The lowest BCUT2D eigenvalue weighted by Crippen LogP contribution is -2.38. The molecule has 1 aromatic heterocycles. The second kappa shape index (κ2) is 18.8. The molecule has 2 heteroatoms. The molecule has 0 spiro atoms. The van der Waals surface area contributed by atoms with Crippen LogP contribution >= 0.6 is 0 Å². The number of aromatic nitrogens is 1. The number of anilines is 2. The Bertz CT molecular complexity index is 4260. The fourth-order valence-electron chi connectivity index (χ4n) is 16.4. The van der Waals surface area contributed by atoms with E-state index in [1.54, 1.807) is 5.56 Å². The Morgan fingerprint density at radius 3 is 1.25 bits per heavy atom. The molecule has 16 rings (SSSR count). The Balaban J connectivity index is 0.854. The van der Waals surface area contributed by atoms with E-state index in [0.717, 1.165) is 5.69 Å². The number of nitrogens with zero attached hydrogens (tertiary/aromatic N) is 2. The van der Waals surface area contributed by atoms with Crippen molar-refractivity contribution in [3.05, 3.63) is 316 Å². The molecule has 4 aliphatic rings. The molecule has 2 heterocycles. The Morgan fingerprint density at radius 2 is 0.810 bits per heavy atom. The molecule has 0 radical (unpaired) electrons. The third-order valence-electron chi connectivity index (χ3n) is 20.5. The van der Waals surface area contributed by atoms with Gasteiger partial charge in [0.15, 0.2) is 0 Å². The van der Waals surface area contributed by atoms with Crippen LogP contribution in [0.15, 0.2) is 261 Å². The van der Waals surface area contributed by atoms with E-state index in [0.29, 0.717) is 23.3 Å². The standard InChI is InChI=1S/C82H70N2/c1-79(2,3)57-37-45-75-67(49-57)68-50-58(80(4,5)6)38-46-76(68)83(75)61-41-33-53(34-42-61)54-35-43-62(44-36-54)84-77-47-39-59(81(55-21-9-7-10-22-55)71-29-17-13-25-63(71)64-26-14-18-30-72(64)81)51-69(77)70-52-60(40-48-78(70)84)82(56-23-11-8-12-24-56)73-31-19-15-27-65(73)66-28-16-20-32-74(66)82/h7-37,39-45,47-49,51-52,58,68,76H,38,46,50H2,1-6H3. The summed E-state index contributed by atoms with van der Waals surface area (Å²) in [6.45, 7) is 14.4. The Hall–Kier alpha value is -8.98. The van der Waals surface area contributed by atoms with Crippen molar-refractivity contribution in [2.24, 2.45) is 11.3 Å². The van der Waals surface area contributed by atoms with Crippen molar-refractivity contribution >= 4 is 33.2 Å². The number of benzene rings is 11. The molecule has 3 aliphatic carbocycles. The summed E-state index contributed by atoms with van der Waals surface area (Å²) in [5.41, 5.74) is 26.5. The predicted octanol–water partition coefficient (Wildman–Crippen LogP) is 20.9. The molecule has 1 fully saturated rings. The van der Waals surface area contributed by atoms with Gasteiger partial charge in [0.1, 0.15) is 0 Å². The molecule has 3 atom stereocenters. The summed E-state index contributed by atoms with van der Waals surface area (Å²) in [6, 6.07) is 100. The molecule has 1 saturated carbocycles. The minimum atomic E-state index is -0.540. The first-order valence-electron chi connectivity index (χ1n) is 30.7. The second-order valence-corrected chi connectivity index (χ2v) is 26.8. The smallest absolute Gasteiger partial charge is 0.0713 e. The zero-order valence-electron chi connectivity index (χ0n) is 49.1. The molecule has 408 valence electrons. The third-order valence-corrected chi connectivity index (χ3v) is 20.5. The highest BCUT2D eigenvalue weighted by atomic mass is 15.2. The van der Waals surface area contributed by atoms with Gasteiger partial charge in [-0.1, -0.05) is 248 Å². The van der Waals surface area contributed by atoms with Crippen molar-refractivity contribution in [2.45, 2.75) is 89.0 Å². The summed E-state index contributed by atoms with van der Waals surface area (Å²) in [7, 11) is 0. The Kier molecular flexibility index (Phi) is 11.3. The van der Waals surface area contributed by atoms with Crippen molar-refractivity contribution < 1.29 is 0 Å². The Morgan fingerprint density at radius 1 is 0.381 bits per heavy atom. The van der Waals surface area contributed by atoms with Crippen LogP contribution in [-0.4, -0.2) is 10.6 Å². The van der Waals surface area contributed by atoms with Gasteiger partial charge in [0, 0.05) is 39.8 Å². The van der Waals surface area contributed by atoms with Crippen molar-refractivity contribution in [3.63, 3.8) is 0 Å². The van der Waals surface area contributed by atoms with Crippen molar-refractivity contribution in [1.82, 2.24) is 4.57 Å². The quantitative estimate of drug-likeness (QED) is 0.154. The zero-order valence-corrected chi connectivity index (χ0v) is 49.1. The molecule has 11 aromatic carbocycles. The first-order chi connectivity index (χ1) is 40.9. The van der Waals surface area contributed by atoms with E-state index in [4.69, 9.17) is 0 Å². The van der Waals surface area contributed by atoms with Gasteiger partial charge in [-0.05, 0) is 180 Å². The normalized spacial score (nSPS) is 18.0. The molecule has 3 unspecified atom stereocenters. The Labute approximate surface area is 495 Å². The monoisotopic (exact) mass is 1080 g/mol. The molecule has 0 amide bonds. The largest absolute Gasteiger partial charge is 0.338 e. The lowest BCUT2D eigenvalue weighted by Gasteiger charge is -2.42. The van der Waals surface area contributed by atoms with Gasteiger partial charge in [0.25, 0.3) is 0 Å². The van der Waals surface area contributed by atoms with E-state index in [1.807, 2.05) is 0 Å². The van der Waals surface area contributed by atoms with Crippen LogP contribution in [0.4, 0.5) is 11.4 Å². The van der Waals surface area contributed by atoms with E-state index in [1.165, 1.54) is 136 Å². The van der Waals surface area contributed by atoms with E-state index in [9.17, 15) is 0 Å².